The highest BCUT2D eigenvalue weighted by Crippen LogP contribution is 2.50. The minimum Gasteiger partial charge on any atom is -0.458 e. The van der Waals surface area contributed by atoms with Crippen molar-refractivity contribution in [3.63, 3.8) is 0 Å². The minimum atomic E-state index is -0.409. The molecule has 0 aromatic heterocycles. The molecule has 0 amide bonds. The van der Waals surface area contributed by atoms with Gasteiger partial charge in [0.1, 0.15) is 12.4 Å². The van der Waals surface area contributed by atoms with Crippen LogP contribution in [0.5, 0.6) is 0 Å². The van der Waals surface area contributed by atoms with E-state index in [9.17, 15) is 14.4 Å². The molecule has 0 unspecified atom stereocenters. The molecular weight excluding hydrogens is 268 g/mol. The summed E-state index contributed by atoms with van der Waals surface area (Å²) in [6, 6.07) is 0. The zero-order valence-electron chi connectivity index (χ0n) is 13.0. The Labute approximate surface area is 125 Å². The number of esters is 1. The van der Waals surface area contributed by atoms with E-state index in [0.29, 0.717) is 11.5 Å². The number of ether oxygens (including phenoxy) is 1. The smallest absolute Gasteiger partial charge is 0.303 e. The Morgan fingerprint density at radius 2 is 2.14 bits per heavy atom. The Kier molecular flexibility index (Phi) is 4.17. The molecule has 0 bridgehead atoms. The van der Waals surface area contributed by atoms with Crippen LogP contribution in [0.1, 0.15) is 40.5 Å². The number of hydrogen-bond acceptors (Lipinski definition) is 4. The summed E-state index contributed by atoms with van der Waals surface area (Å²) in [7, 11) is 0. The summed E-state index contributed by atoms with van der Waals surface area (Å²) < 4.78 is 5.39. The first-order valence-electron chi connectivity index (χ1n) is 7.41. The SMILES string of the molecule is CC(=O)O[C@H]1CC[C@H](C)[C@@]2(C)C=C([C@@H](C)C=O)C(=O)C=C12. The number of rotatable bonds is 3. The molecule has 4 nitrogen and oxygen atoms in total. The number of fused-ring (bicyclic) bond motifs is 1. The van der Waals surface area contributed by atoms with E-state index in [0.717, 1.165) is 24.7 Å². The number of allylic oxidation sites excluding steroid dienone is 3. The molecule has 0 aromatic rings. The molecule has 1 fully saturated rings. The predicted octanol–water partition coefficient (Wildman–Crippen LogP) is 2.62. The minimum absolute atomic E-state index is 0.145. The van der Waals surface area contributed by atoms with Crippen LogP contribution in [0.25, 0.3) is 0 Å². The van der Waals surface area contributed by atoms with Gasteiger partial charge in [0.15, 0.2) is 5.78 Å². The fourth-order valence-corrected chi connectivity index (χ4v) is 3.33. The molecular formula is C17H22O4. The summed E-state index contributed by atoms with van der Waals surface area (Å²) >= 11 is 0. The quantitative estimate of drug-likeness (QED) is 0.592. The normalized spacial score (nSPS) is 33.4. The van der Waals surface area contributed by atoms with E-state index in [4.69, 9.17) is 4.74 Å². The zero-order valence-corrected chi connectivity index (χ0v) is 13.0. The second-order valence-electron chi connectivity index (χ2n) is 6.35. The Hall–Kier alpha value is -1.71. The van der Waals surface area contributed by atoms with Crippen molar-refractivity contribution >= 4 is 18.0 Å². The molecule has 0 heterocycles. The lowest BCUT2D eigenvalue weighted by molar-refractivity contribution is -0.146. The van der Waals surface area contributed by atoms with E-state index in [1.807, 2.05) is 6.08 Å². The Bertz CT molecular complexity index is 543. The molecule has 4 atom stereocenters. The molecule has 114 valence electrons. The van der Waals surface area contributed by atoms with Gasteiger partial charge in [-0.2, -0.15) is 0 Å². The van der Waals surface area contributed by atoms with Crippen LogP contribution in [0.4, 0.5) is 0 Å². The maximum absolute atomic E-state index is 12.3. The molecule has 21 heavy (non-hydrogen) atoms. The van der Waals surface area contributed by atoms with E-state index < -0.39 is 5.92 Å². The highest BCUT2D eigenvalue weighted by Gasteiger charge is 2.45. The van der Waals surface area contributed by atoms with Crippen LogP contribution in [-0.2, 0) is 19.1 Å². The summed E-state index contributed by atoms with van der Waals surface area (Å²) in [5.41, 5.74) is 1.08. The monoisotopic (exact) mass is 290 g/mol. The van der Waals surface area contributed by atoms with Crippen molar-refractivity contribution in [3.05, 3.63) is 23.3 Å². The van der Waals surface area contributed by atoms with Crippen LogP contribution in [0, 0.1) is 17.3 Å². The molecule has 4 heteroatoms. The van der Waals surface area contributed by atoms with Crippen molar-refractivity contribution in [1.29, 1.82) is 0 Å². The van der Waals surface area contributed by atoms with Gasteiger partial charge in [-0.3, -0.25) is 9.59 Å². The van der Waals surface area contributed by atoms with Gasteiger partial charge in [-0.1, -0.05) is 26.8 Å². The van der Waals surface area contributed by atoms with Crippen molar-refractivity contribution in [1.82, 2.24) is 0 Å². The predicted molar refractivity (Wildman–Crippen MR) is 78.5 cm³/mol. The van der Waals surface area contributed by atoms with Crippen molar-refractivity contribution in [2.45, 2.75) is 46.6 Å². The van der Waals surface area contributed by atoms with Crippen molar-refractivity contribution in [2.75, 3.05) is 0 Å². The Balaban J connectivity index is 2.44. The van der Waals surface area contributed by atoms with E-state index in [2.05, 4.69) is 13.8 Å². The largest absolute Gasteiger partial charge is 0.458 e. The lowest BCUT2D eigenvalue weighted by Gasteiger charge is -2.45. The van der Waals surface area contributed by atoms with Gasteiger partial charge in [0.05, 0.1) is 0 Å². The van der Waals surface area contributed by atoms with E-state index >= 15 is 0 Å². The molecule has 0 radical (unpaired) electrons. The summed E-state index contributed by atoms with van der Waals surface area (Å²) in [6.07, 6.45) is 5.61. The lowest BCUT2D eigenvalue weighted by atomic mass is 9.60. The van der Waals surface area contributed by atoms with E-state index in [-0.39, 0.29) is 23.3 Å². The second-order valence-corrected chi connectivity index (χ2v) is 6.35. The van der Waals surface area contributed by atoms with Gasteiger partial charge in [0.25, 0.3) is 0 Å². The van der Waals surface area contributed by atoms with Gasteiger partial charge < -0.3 is 9.53 Å². The van der Waals surface area contributed by atoms with Gasteiger partial charge in [-0.15, -0.1) is 0 Å². The van der Waals surface area contributed by atoms with Crippen LogP contribution in [0.3, 0.4) is 0 Å². The lowest BCUT2D eigenvalue weighted by Crippen LogP contribution is -2.42. The number of carbonyl (C=O) groups is 3. The van der Waals surface area contributed by atoms with E-state index in [1.54, 1.807) is 13.0 Å². The number of carbonyl (C=O) groups excluding carboxylic acids is 3. The molecule has 0 aromatic carbocycles. The molecule has 2 aliphatic carbocycles. The number of ketones is 1. The van der Waals surface area contributed by atoms with Crippen LogP contribution < -0.4 is 0 Å². The van der Waals surface area contributed by atoms with Gasteiger partial charge in [0.2, 0.25) is 0 Å². The Morgan fingerprint density at radius 1 is 1.48 bits per heavy atom. The summed E-state index contributed by atoms with van der Waals surface area (Å²) in [5, 5.41) is 0. The standard InChI is InChI=1S/C17H22O4/c1-10(9-18)13-8-17(4)11(2)5-6-16(21-12(3)19)14(17)7-15(13)20/h7-11,16H,5-6H2,1-4H3/t10-,11-,16-,17+/m0/s1. The fraction of sp³-hybridized carbons (Fsp3) is 0.588. The third-order valence-corrected chi connectivity index (χ3v) is 4.88. The average molecular weight is 290 g/mol. The van der Waals surface area contributed by atoms with Gasteiger partial charge in [0, 0.05) is 23.8 Å². The van der Waals surface area contributed by atoms with Gasteiger partial charge in [-0.25, -0.2) is 0 Å². The topological polar surface area (TPSA) is 60.4 Å². The van der Waals surface area contributed by atoms with E-state index in [1.165, 1.54) is 6.92 Å². The first-order chi connectivity index (χ1) is 9.79. The maximum atomic E-state index is 12.3. The first-order valence-corrected chi connectivity index (χ1v) is 7.41. The first kappa shape index (κ1) is 15.7. The van der Waals surface area contributed by atoms with Crippen LogP contribution in [0.2, 0.25) is 0 Å². The third-order valence-electron chi connectivity index (χ3n) is 4.88. The highest BCUT2D eigenvalue weighted by molar-refractivity contribution is 6.08. The maximum Gasteiger partial charge on any atom is 0.303 e. The van der Waals surface area contributed by atoms with Gasteiger partial charge >= 0.3 is 5.97 Å². The zero-order chi connectivity index (χ0) is 15.8. The molecule has 1 saturated carbocycles. The molecule has 2 rings (SSSR count). The molecule has 0 N–H and O–H groups in total. The molecule has 0 spiro atoms. The molecule has 2 aliphatic rings. The second kappa shape index (κ2) is 5.58. The van der Waals surface area contributed by atoms with Crippen molar-refractivity contribution < 1.29 is 19.1 Å². The van der Waals surface area contributed by atoms with Gasteiger partial charge in [-0.05, 0) is 30.4 Å². The summed E-state index contributed by atoms with van der Waals surface area (Å²) in [6.45, 7) is 7.31. The molecule has 0 saturated heterocycles. The molecule has 0 aliphatic heterocycles. The highest BCUT2D eigenvalue weighted by atomic mass is 16.5. The summed E-state index contributed by atoms with van der Waals surface area (Å²) in [4.78, 5) is 34.6. The van der Waals surface area contributed by atoms with Crippen molar-refractivity contribution in [3.8, 4) is 0 Å². The third kappa shape index (κ3) is 2.71. The fourth-order valence-electron chi connectivity index (χ4n) is 3.33. The van der Waals surface area contributed by atoms with Crippen molar-refractivity contribution in [2.24, 2.45) is 17.3 Å². The number of aldehydes is 1. The van der Waals surface area contributed by atoms with Crippen LogP contribution in [-0.4, -0.2) is 24.1 Å². The summed E-state index contributed by atoms with van der Waals surface area (Å²) in [5.74, 6) is -0.555. The van der Waals surface area contributed by atoms with Crippen LogP contribution >= 0.6 is 0 Å². The van der Waals surface area contributed by atoms with Crippen LogP contribution in [0.15, 0.2) is 23.3 Å². The Morgan fingerprint density at radius 3 is 2.71 bits per heavy atom. The average Bonchev–Trinajstić information content (AvgIpc) is 2.42. The number of hydrogen-bond donors (Lipinski definition) is 0.